The summed E-state index contributed by atoms with van der Waals surface area (Å²) in [4.78, 5) is 13.8. The van der Waals surface area contributed by atoms with E-state index in [1.807, 2.05) is 36.4 Å². The van der Waals surface area contributed by atoms with E-state index in [-0.39, 0.29) is 0 Å². The maximum atomic E-state index is 4.84. The van der Waals surface area contributed by atoms with E-state index in [2.05, 4.69) is 70.7 Å². The van der Waals surface area contributed by atoms with Crippen molar-refractivity contribution in [1.82, 2.24) is 15.0 Å². The second kappa shape index (κ2) is 7.64. The van der Waals surface area contributed by atoms with Crippen molar-refractivity contribution >= 4 is 0 Å². The van der Waals surface area contributed by atoms with Crippen LogP contribution in [0.25, 0.3) is 33.9 Å². The predicted octanol–water partition coefficient (Wildman–Crippen LogP) is 6.08. The Bertz CT molecular complexity index is 1110. The van der Waals surface area contributed by atoms with Crippen molar-refractivity contribution in [3.05, 3.63) is 115 Å². The molecule has 138 valence electrons. The SMILES string of the molecule is C1=CC(c2ccc(-c3cc(-c4ccccn4)nc(-c4ccccn4)c3)cc2)C=C1. The molecule has 4 aromatic rings. The van der Waals surface area contributed by atoms with E-state index in [9.17, 15) is 0 Å². The second-order valence-corrected chi connectivity index (χ2v) is 6.97. The molecule has 3 nitrogen and oxygen atoms in total. The van der Waals surface area contributed by atoms with E-state index in [1.165, 1.54) is 5.56 Å². The lowest BCUT2D eigenvalue weighted by molar-refractivity contribution is 1.10. The fourth-order valence-electron chi connectivity index (χ4n) is 3.54. The normalized spacial score (nSPS) is 13.1. The van der Waals surface area contributed by atoms with Crippen molar-refractivity contribution in [1.29, 1.82) is 0 Å². The first-order chi connectivity index (χ1) is 14.4. The maximum absolute atomic E-state index is 4.84. The molecule has 0 bridgehead atoms. The first-order valence-electron chi connectivity index (χ1n) is 9.67. The molecule has 0 amide bonds. The first kappa shape index (κ1) is 17.3. The highest BCUT2D eigenvalue weighted by Crippen LogP contribution is 2.30. The van der Waals surface area contributed by atoms with Gasteiger partial charge in [0.2, 0.25) is 0 Å². The van der Waals surface area contributed by atoms with Gasteiger partial charge in [-0.2, -0.15) is 0 Å². The molecule has 1 aliphatic carbocycles. The number of pyridine rings is 3. The highest BCUT2D eigenvalue weighted by molar-refractivity contribution is 5.74. The summed E-state index contributed by atoms with van der Waals surface area (Å²) in [6.45, 7) is 0. The molecule has 29 heavy (non-hydrogen) atoms. The lowest BCUT2D eigenvalue weighted by atomic mass is 9.96. The zero-order chi connectivity index (χ0) is 19.5. The van der Waals surface area contributed by atoms with Crippen LogP contribution < -0.4 is 0 Å². The van der Waals surface area contributed by atoms with Gasteiger partial charge in [-0.1, -0.05) is 60.7 Å². The fraction of sp³-hybridized carbons (Fsp3) is 0.0385. The number of benzene rings is 1. The summed E-state index contributed by atoms with van der Waals surface area (Å²) in [6, 6.07) is 24.7. The minimum atomic E-state index is 0.370. The third-order valence-corrected chi connectivity index (χ3v) is 5.06. The lowest BCUT2D eigenvalue weighted by Gasteiger charge is -2.11. The van der Waals surface area contributed by atoms with Crippen LogP contribution in [0.5, 0.6) is 0 Å². The summed E-state index contributed by atoms with van der Waals surface area (Å²) >= 11 is 0. The molecule has 0 spiro atoms. The van der Waals surface area contributed by atoms with E-state index in [4.69, 9.17) is 4.98 Å². The lowest BCUT2D eigenvalue weighted by Crippen LogP contribution is -1.94. The Balaban J connectivity index is 1.60. The molecule has 0 radical (unpaired) electrons. The molecule has 0 aliphatic heterocycles. The molecule has 1 aliphatic rings. The van der Waals surface area contributed by atoms with E-state index in [1.54, 1.807) is 12.4 Å². The standard InChI is InChI=1S/C26H19N3/c1-2-8-19(7-1)20-11-13-21(14-12-20)22-17-25(23-9-3-5-15-27-23)29-26(18-22)24-10-4-6-16-28-24/h1-19H. The number of hydrogen-bond acceptors (Lipinski definition) is 3. The van der Waals surface area contributed by atoms with E-state index in [0.717, 1.165) is 33.9 Å². The van der Waals surface area contributed by atoms with Gasteiger partial charge >= 0.3 is 0 Å². The van der Waals surface area contributed by atoms with E-state index in [0.29, 0.717) is 5.92 Å². The predicted molar refractivity (Wildman–Crippen MR) is 117 cm³/mol. The largest absolute Gasteiger partial charge is 0.255 e. The van der Waals surface area contributed by atoms with Gasteiger partial charge in [-0.25, -0.2) is 4.98 Å². The second-order valence-electron chi connectivity index (χ2n) is 6.97. The first-order valence-corrected chi connectivity index (χ1v) is 9.67. The van der Waals surface area contributed by atoms with Gasteiger partial charge in [0.25, 0.3) is 0 Å². The molecule has 5 rings (SSSR count). The molecule has 3 heteroatoms. The Morgan fingerprint density at radius 2 is 1.14 bits per heavy atom. The fourth-order valence-corrected chi connectivity index (χ4v) is 3.54. The number of hydrogen-bond donors (Lipinski definition) is 0. The monoisotopic (exact) mass is 373 g/mol. The molecular weight excluding hydrogens is 354 g/mol. The summed E-state index contributed by atoms with van der Waals surface area (Å²) in [5.41, 5.74) is 6.93. The molecule has 0 unspecified atom stereocenters. The molecule has 0 saturated carbocycles. The van der Waals surface area contributed by atoms with Crippen molar-refractivity contribution in [2.45, 2.75) is 5.92 Å². The average molecular weight is 373 g/mol. The van der Waals surface area contributed by atoms with Crippen molar-refractivity contribution in [2.24, 2.45) is 0 Å². The molecule has 3 heterocycles. The Hall–Kier alpha value is -3.85. The zero-order valence-electron chi connectivity index (χ0n) is 15.8. The Kier molecular flexibility index (Phi) is 4.55. The van der Waals surface area contributed by atoms with E-state index >= 15 is 0 Å². The quantitative estimate of drug-likeness (QED) is 0.435. The zero-order valence-corrected chi connectivity index (χ0v) is 15.8. The van der Waals surface area contributed by atoms with Crippen molar-refractivity contribution in [3.8, 4) is 33.9 Å². The summed E-state index contributed by atoms with van der Waals surface area (Å²) in [5, 5.41) is 0. The number of rotatable bonds is 4. The summed E-state index contributed by atoms with van der Waals surface area (Å²) in [5.74, 6) is 0.370. The van der Waals surface area contributed by atoms with Crippen LogP contribution in [0.3, 0.4) is 0 Å². The van der Waals surface area contributed by atoms with Gasteiger partial charge in [0, 0.05) is 18.3 Å². The van der Waals surface area contributed by atoms with Crippen LogP contribution in [0.1, 0.15) is 11.5 Å². The van der Waals surface area contributed by atoms with Crippen LogP contribution in [0.4, 0.5) is 0 Å². The number of allylic oxidation sites excluding steroid dienone is 4. The van der Waals surface area contributed by atoms with E-state index < -0.39 is 0 Å². The van der Waals surface area contributed by atoms with Gasteiger partial charge in [0.05, 0.1) is 22.8 Å². The van der Waals surface area contributed by atoms with Crippen LogP contribution in [0, 0.1) is 0 Å². The Morgan fingerprint density at radius 3 is 1.66 bits per heavy atom. The molecule has 0 N–H and O–H groups in total. The van der Waals surface area contributed by atoms with Gasteiger partial charge in [-0.3, -0.25) is 9.97 Å². The number of nitrogens with zero attached hydrogens (tertiary/aromatic N) is 3. The minimum absolute atomic E-state index is 0.370. The molecule has 0 fully saturated rings. The van der Waals surface area contributed by atoms with Gasteiger partial charge in [0.15, 0.2) is 0 Å². The van der Waals surface area contributed by atoms with Gasteiger partial charge in [-0.15, -0.1) is 0 Å². The van der Waals surface area contributed by atoms with Gasteiger partial charge < -0.3 is 0 Å². The van der Waals surface area contributed by atoms with Crippen LogP contribution in [0.15, 0.2) is 109 Å². The molecule has 1 aromatic carbocycles. The smallest absolute Gasteiger partial charge is 0.0900 e. The molecule has 3 aromatic heterocycles. The van der Waals surface area contributed by atoms with Crippen molar-refractivity contribution in [3.63, 3.8) is 0 Å². The van der Waals surface area contributed by atoms with Gasteiger partial charge in [0.1, 0.15) is 0 Å². The Morgan fingerprint density at radius 1 is 0.552 bits per heavy atom. The van der Waals surface area contributed by atoms with Crippen LogP contribution >= 0.6 is 0 Å². The van der Waals surface area contributed by atoms with Crippen LogP contribution in [0.2, 0.25) is 0 Å². The molecule has 0 saturated heterocycles. The summed E-state index contributed by atoms with van der Waals surface area (Å²) < 4.78 is 0. The molecular formula is C26H19N3. The number of aromatic nitrogens is 3. The average Bonchev–Trinajstić information content (AvgIpc) is 3.35. The van der Waals surface area contributed by atoms with Crippen molar-refractivity contribution in [2.75, 3.05) is 0 Å². The summed E-state index contributed by atoms with van der Waals surface area (Å²) in [7, 11) is 0. The van der Waals surface area contributed by atoms with Crippen LogP contribution in [-0.2, 0) is 0 Å². The summed E-state index contributed by atoms with van der Waals surface area (Å²) in [6.07, 6.45) is 12.2. The topological polar surface area (TPSA) is 38.7 Å². The molecule has 0 atom stereocenters. The third-order valence-electron chi connectivity index (χ3n) is 5.06. The van der Waals surface area contributed by atoms with Gasteiger partial charge in [-0.05, 0) is 53.1 Å². The highest BCUT2D eigenvalue weighted by atomic mass is 14.8. The maximum Gasteiger partial charge on any atom is 0.0900 e. The highest BCUT2D eigenvalue weighted by Gasteiger charge is 2.11. The van der Waals surface area contributed by atoms with Crippen LogP contribution in [-0.4, -0.2) is 15.0 Å². The third kappa shape index (κ3) is 3.63. The Labute approximate surface area is 170 Å². The minimum Gasteiger partial charge on any atom is -0.255 e. The van der Waals surface area contributed by atoms with Crippen molar-refractivity contribution < 1.29 is 0 Å².